The Morgan fingerprint density at radius 3 is 2.48 bits per heavy atom. The third-order valence-corrected chi connectivity index (χ3v) is 5.19. The van der Waals surface area contributed by atoms with Crippen LogP contribution in [0.4, 0.5) is 0 Å². The van der Waals surface area contributed by atoms with Gasteiger partial charge in [-0.2, -0.15) is 0 Å². The van der Waals surface area contributed by atoms with E-state index in [0.29, 0.717) is 25.9 Å². The summed E-state index contributed by atoms with van der Waals surface area (Å²) in [7, 11) is 0. The zero-order chi connectivity index (χ0) is 19.4. The smallest absolute Gasteiger partial charge is 0.228 e. The molecule has 142 valence electrons. The lowest BCUT2D eigenvalue weighted by Crippen LogP contribution is -2.47. The van der Waals surface area contributed by atoms with Crippen molar-refractivity contribution in [2.75, 3.05) is 13.1 Å². The van der Waals surface area contributed by atoms with Gasteiger partial charge in [-0.1, -0.05) is 30.3 Å². The molecule has 0 bridgehead atoms. The van der Waals surface area contributed by atoms with Crippen molar-refractivity contribution in [3.8, 4) is 11.1 Å². The van der Waals surface area contributed by atoms with Crippen LogP contribution in [-0.4, -0.2) is 40.8 Å². The summed E-state index contributed by atoms with van der Waals surface area (Å²) < 4.78 is 0. The van der Waals surface area contributed by atoms with E-state index < -0.39 is 5.41 Å². The molecule has 5 nitrogen and oxygen atoms in total. The Balaban J connectivity index is 1.82. The van der Waals surface area contributed by atoms with E-state index in [9.17, 15) is 9.59 Å². The standard InChI is InChI=1S/C22H27N3O2/c1-16(2)24-21(27)22(10-12-25(15-22)17(3)26)13-18-6-8-19(9-7-18)20-5-4-11-23-14-20/h4-9,11,14,16H,10,12-13,15H2,1-3H3,(H,24,27)/t22-/m0/s1. The molecule has 1 fully saturated rings. The molecule has 0 radical (unpaired) electrons. The van der Waals surface area contributed by atoms with Gasteiger partial charge < -0.3 is 10.2 Å². The van der Waals surface area contributed by atoms with Gasteiger partial charge in [0.1, 0.15) is 0 Å². The van der Waals surface area contributed by atoms with Gasteiger partial charge >= 0.3 is 0 Å². The first kappa shape index (κ1) is 19.1. The first-order valence-electron chi connectivity index (χ1n) is 9.45. The molecule has 1 atom stereocenters. The fourth-order valence-electron chi connectivity index (χ4n) is 3.71. The number of nitrogens with zero attached hydrogens (tertiary/aromatic N) is 2. The fraction of sp³-hybridized carbons (Fsp3) is 0.409. The van der Waals surface area contributed by atoms with Crippen molar-refractivity contribution in [1.29, 1.82) is 0 Å². The molecule has 1 saturated heterocycles. The lowest BCUT2D eigenvalue weighted by Gasteiger charge is -2.29. The normalized spacial score (nSPS) is 19.3. The number of carbonyl (C=O) groups excluding carboxylic acids is 2. The largest absolute Gasteiger partial charge is 0.353 e. The van der Waals surface area contributed by atoms with Crippen molar-refractivity contribution < 1.29 is 9.59 Å². The first-order valence-corrected chi connectivity index (χ1v) is 9.45. The van der Waals surface area contributed by atoms with Crippen LogP contribution in [0.25, 0.3) is 11.1 Å². The minimum Gasteiger partial charge on any atom is -0.353 e. The zero-order valence-electron chi connectivity index (χ0n) is 16.2. The Morgan fingerprint density at radius 1 is 1.19 bits per heavy atom. The van der Waals surface area contributed by atoms with E-state index in [-0.39, 0.29) is 17.9 Å². The van der Waals surface area contributed by atoms with Crippen LogP contribution in [0.1, 0.15) is 32.8 Å². The summed E-state index contributed by atoms with van der Waals surface area (Å²) in [5.74, 6) is 0.0683. The Kier molecular flexibility index (Phi) is 5.59. The molecule has 5 heteroatoms. The molecule has 0 spiro atoms. The highest BCUT2D eigenvalue weighted by atomic mass is 16.2. The van der Waals surface area contributed by atoms with E-state index in [1.54, 1.807) is 18.0 Å². The monoisotopic (exact) mass is 365 g/mol. The first-order chi connectivity index (χ1) is 12.9. The maximum absolute atomic E-state index is 13.0. The number of benzene rings is 1. The van der Waals surface area contributed by atoms with Gasteiger partial charge in [-0.3, -0.25) is 14.6 Å². The summed E-state index contributed by atoms with van der Waals surface area (Å²) in [6.07, 6.45) is 4.92. The maximum Gasteiger partial charge on any atom is 0.228 e. The van der Waals surface area contributed by atoms with Crippen LogP contribution in [0, 0.1) is 5.41 Å². The second-order valence-electron chi connectivity index (χ2n) is 7.71. The molecule has 1 N–H and O–H groups in total. The van der Waals surface area contributed by atoms with Gasteiger partial charge in [0, 0.05) is 38.4 Å². The van der Waals surface area contributed by atoms with Crippen molar-refractivity contribution in [1.82, 2.24) is 15.2 Å². The van der Waals surface area contributed by atoms with Crippen LogP contribution in [0.15, 0.2) is 48.8 Å². The van der Waals surface area contributed by atoms with E-state index in [1.807, 2.05) is 32.2 Å². The molecule has 1 aliphatic heterocycles. The second-order valence-corrected chi connectivity index (χ2v) is 7.71. The van der Waals surface area contributed by atoms with Crippen LogP contribution in [0.2, 0.25) is 0 Å². The molecule has 2 aromatic rings. The highest BCUT2D eigenvalue weighted by Crippen LogP contribution is 2.35. The number of aromatic nitrogens is 1. The van der Waals surface area contributed by atoms with Crippen molar-refractivity contribution in [2.24, 2.45) is 5.41 Å². The van der Waals surface area contributed by atoms with Crippen molar-refractivity contribution in [2.45, 2.75) is 39.7 Å². The minimum atomic E-state index is -0.564. The molecule has 1 aliphatic rings. The predicted molar refractivity (Wildman–Crippen MR) is 106 cm³/mol. The van der Waals surface area contributed by atoms with Gasteiger partial charge in [0.15, 0.2) is 0 Å². The number of carbonyl (C=O) groups is 2. The molecule has 2 amide bonds. The molecule has 2 heterocycles. The molecule has 0 aliphatic carbocycles. The SMILES string of the molecule is CC(=O)N1CC[C@@](Cc2ccc(-c3cccnc3)cc2)(C(=O)NC(C)C)C1. The molecule has 1 aromatic carbocycles. The summed E-state index contributed by atoms with van der Waals surface area (Å²) >= 11 is 0. The number of hydrogen-bond acceptors (Lipinski definition) is 3. The van der Waals surface area contributed by atoms with E-state index in [1.165, 1.54) is 0 Å². The lowest BCUT2D eigenvalue weighted by atomic mass is 9.79. The zero-order valence-corrected chi connectivity index (χ0v) is 16.2. The molecule has 3 rings (SSSR count). The number of amides is 2. The van der Waals surface area contributed by atoms with Gasteiger partial charge in [0.25, 0.3) is 0 Å². The van der Waals surface area contributed by atoms with Crippen molar-refractivity contribution in [3.05, 3.63) is 54.4 Å². The number of rotatable bonds is 5. The Hall–Kier alpha value is -2.69. The van der Waals surface area contributed by atoms with Gasteiger partial charge in [-0.25, -0.2) is 0 Å². The summed E-state index contributed by atoms with van der Waals surface area (Å²) in [5, 5.41) is 3.06. The summed E-state index contributed by atoms with van der Waals surface area (Å²) in [6.45, 7) is 6.61. The average Bonchev–Trinajstić information content (AvgIpc) is 3.08. The number of pyridine rings is 1. The highest BCUT2D eigenvalue weighted by Gasteiger charge is 2.45. The van der Waals surface area contributed by atoms with E-state index in [0.717, 1.165) is 16.7 Å². The minimum absolute atomic E-state index is 0.0288. The quantitative estimate of drug-likeness (QED) is 0.886. The van der Waals surface area contributed by atoms with E-state index >= 15 is 0 Å². The van der Waals surface area contributed by atoms with E-state index in [2.05, 4.69) is 34.6 Å². The number of likely N-dealkylation sites (tertiary alicyclic amines) is 1. The molecular weight excluding hydrogens is 338 g/mol. The third-order valence-electron chi connectivity index (χ3n) is 5.19. The van der Waals surface area contributed by atoms with Crippen molar-refractivity contribution in [3.63, 3.8) is 0 Å². The van der Waals surface area contributed by atoms with Gasteiger partial charge in [0.05, 0.1) is 5.41 Å². The van der Waals surface area contributed by atoms with Crippen LogP contribution < -0.4 is 5.32 Å². The Morgan fingerprint density at radius 2 is 1.93 bits per heavy atom. The van der Waals surface area contributed by atoms with Crippen molar-refractivity contribution >= 4 is 11.8 Å². The fourth-order valence-corrected chi connectivity index (χ4v) is 3.71. The molecule has 27 heavy (non-hydrogen) atoms. The molecule has 0 unspecified atom stereocenters. The lowest BCUT2D eigenvalue weighted by molar-refractivity contribution is -0.132. The van der Waals surface area contributed by atoms with Crippen LogP contribution >= 0.6 is 0 Å². The number of nitrogens with one attached hydrogen (secondary N) is 1. The molecular formula is C22H27N3O2. The summed E-state index contributed by atoms with van der Waals surface area (Å²) in [6, 6.07) is 12.3. The Labute approximate surface area is 160 Å². The molecule has 1 aromatic heterocycles. The topological polar surface area (TPSA) is 62.3 Å². The highest BCUT2D eigenvalue weighted by molar-refractivity contribution is 5.85. The second kappa shape index (κ2) is 7.91. The van der Waals surface area contributed by atoms with Gasteiger partial charge in [-0.15, -0.1) is 0 Å². The summed E-state index contributed by atoms with van der Waals surface area (Å²) in [4.78, 5) is 30.7. The van der Waals surface area contributed by atoms with Gasteiger partial charge in [0.2, 0.25) is 11.8 Å². The third kappa shape index (κ3) is 4.35. The summed E-state index contributed by atoms with van der Waals surface area (Å²) in [5.41, 5.74) is 2.71. The number of hydrogen-bond donors (Lipinski definition) is 1. The average molecular weight is 365 g/mol. The van der Waals surface area contributed by atoms with Crippen LogP contribution in [0.3, 0.4) is 0 Å². The van der Waals surface area contributed by atoms with Crippen LogP contribution in [-0.2, 0) is 16.0 Å². The van der Waals surface area contributed by atoms with Crippen LogP contribution in [0.5, 0.6) is 0 Å². The Bertz CT molecular complexity index is 802. The molecule has 0 saturated carbocycles. The maximum atomic E-state index is 13.0. The van der Waals surface area contributed by atoms with Gasteiger partial charge in [-0.05, 0) is 49.4 Å². The predicted octanol–water partition coefficient (Wildman–Crippen LogP) is 3.05. The van der Waals surface area contributed by atoms with E-state index in [4.69, 9.17) is 0 Å².